The van der Waals surface area contributed by atoms with Gasteiger partial charge >= 0.3 is 5.97 Å². The van der Waals surface area contributed by atoms with Crippen molar-refractivity contribution >= 4 is 5.97 Å². The summed E-state index contributed by atoms with van der Waals surface area (Å²) in [5.41, 5.74) is 0. The van der Waals surface area contributed by atoms with Crippen LogP contribution in [0.3, 0.4) is 0 Å². The molecule has 0 spiro atoms. The largest absolute Gasteiger partial charge is 0.478 e. The van der Waals surface area contributed by atoms with Crippen LogP contribution in [0.4, 0.5) is 0 Å². The normalized spacial score (nSPS) is 12.3. The van der Waals surface area contributed by atoms with Gasteiger partial charge in [-0.2, -0.15) is 0 Å². The Morgan fingerprint density at radius 1 is 0.615 bits per heavy atom. The number of carbonyl (C=O) groups is 1. The van der Waals surface area contributed by atoms with Gasteiger partial charge in [-0.05, 0) is 12.8 Å². The van der Waals surface area contributed by atoms with Crippen molar-refractivity contribution in [2.24, 2.45) is 0 Å². The Morgan fingerprint density at radius 2 is 1.04 bits per heavy atom. The second-order valence-electron chi connectivity index (χ2n) is 6.93. The third-order valence-corrected chi connectivity index (χ3v) is 4.40. The molecule has 2 nitrogen and oxygen atoms in total. The minimum Gasteiger partial charge on any atom is -0.478 e. The van der Waals surface area contributed by atoms with Crippen LogP contribution in [0, 0.1) is 0 Å². The van der Waals surface area contributed by atoms with E-state index >= 15 is 0 Å². The van der Waals surface area contributed by atoms with Crippen molar-refractivity contribution in [3.05, 3.63) is 48.6 Å². The molecule has 0 bridgehead atoms. The van der Waals surface area contributed by atoms with Crippen LogP contribution in [0.1, 0.15) is 96.8 Å². The van der Waals surface area contributed by atoms with Gasteiger partial charge in [-0.15, -0.1) is 0 Å². The van der Waals surface area contributed by atoms with E-state index in [4.69, 9.17) is 5.11 Å². The fraction of sp³-hybridized carbons (Fsp3) is 0.625. The number of allylic oxidation sites excluding steroid dienone is 7. The zero-order chi connectivity index (χ0) is 19.1. The molecule has 0 aliphatic heterocycles. The summed E-state index contributed by atoms with van der Waals surface area (Å²) in [6.07, 6.45) is 33.6. The van der Waals surface area contributed by atoms with E-state index < -0.39 is 5.97 Å². The summed E-state index contributed by atoms with van der Waals surface area (Å²) < 4.78 is 0. The molecule has 0 aliphatic carbocycles. The van der Waals surface area contributed by atoms with Gasteiger partial charge < -0.3 is 5.11 Å². The van der Waals surface area contributed by atoms with E-state index in [1.54, 1.807) is 6.08 Å². The molecule has 0 saturated heterocycles. The van der Waals surface area contributed by atoms with E-state index in [1.807, 2.05) is 18.2 Å². The standard InChI is InChI=1S/C24H40O2/c1-2-3-4-5-6-7-8-9-10-11-12-13-14-15-16-17-18-19-20-21-22-23-24(25)26/h16-23H,2-15H2,1H3,(H,25,26)/b17-16+,19-18+,21-20+,23-22+. The number of unbranched alkanes of at least 4 members (excludes halogenated alkanes) is 13. The minimum absolute atomic E-state index is 0.920. The molecule has 0 amide bonds. The number of carboxylic acids is 1. The molecule has 0 radical (unpaired) electrons. The van der Waals surface area contributed by atoms with Crippen molar-refractivity contribution in [1.29, 1.82) is 0 Å². The summed E-state index contributed by atoms with van der Waals surface area (Å²) >= 11 is 0. The van der Waals surface area contributed by atoms with Crippen LogP contribution in [0.2, 0.25) is 0 Å². The van der Waals surface area contributed by atoms with E-state index in [2.05, 4.69) is 19.1 Å². The quantitative estimate of drug-likeness (QED) is 0.154. The van der Waals surface area contributed by atoms with Crippen LogP contribution >= 0.6 is 0 Å². The molecular weight excluding hydrogens is 320 g/mol. The van der Waals surface area contributed by atoms with E-state index in [1.165, 1.54) is 89.5 Å². The van der Waals surface area contributed by atoms with Gasteiger partial charge in [0.2, 0.25) is 0 Å². The topological polar surface area (TPSA) is 37.3 Å². The van der Waals surface area contributed by atoms with Crippen LogP contribution < -0.4 is 0 Å². The summed E-state index contributed by atoms with van der Waals surface area (Å²) in [7, 11) is 0. The molecule has 1 N–H and O–H groups in total. The van der Waals surface area contributed by atoms with Gasteiger partial charge in [0.05, 0.1) is 0 Å². The lowest BCUT2D eigenvalue weighted by Crippen LogP contribution is -1.84. The number of hydrogen-bond donors (Lipinski definition) is 1. The van der Waals surface area contributed by atoms with Gasteiger partial charge in [0.25, 0.3) is 0 Å². The average Bonchev–Trinajstić information content (AvgIpc) is 2.62. The van der Waals surface area contributed by atoms with E-state index in [0.717, 1.165) is 12.5 Å². The molecule has 0 aliphatic rings. The maximum absolute atomic E-state index is 10.3. The van der Waals surface area contributed by atoms with Crippen molar-refractivity contribution in [2.75, 3.05) is 0 Å². The number of hydrogen-bond acceptors (Lipinski definition) is 1. The lowest BCUT2D eigenvalue weighted by Gasteiger charge is -2.02. The third-order valence-electron chi connectivity index (χ3n) is 4.40. The van der Waals surface area contributed by atoms with Crippen molar-refractivity contribution < 1.29 is 9.90 Å². The van der Waals surface area contributed by atoms with E-state index in [9.17, 15) is 4.79 Å². The molecule has 0 aromatic carbocycles. The average molecular weight is 361 g/mol. The highest BCUT2D eigenvalue weighted by Gasteiger charge is 1.93. The van der Waals surface area contributed by atoms with Crippen molar-refractivity contribution in [3.8, 4) is 0 Å². The number of carboxylic acid groups (broad SMARTS) is 1. The SMILES string of the molecule is CCCCCCCCCCCCCCC/C=C/C=C/C=C/C=C/C(=O)O. The second kappa shape index (κ2) is 21.5. The Kier molecular flexibility index (Phi) is 20.2. The maximum Gasteiger partial charge on any atom is 0.328 e. The molecule has 0 aromatic rings. The highest BCUT2D eigenvalue weighted by atomic mass is 16.4. The molecule has 26 heavy (non-hydrogen) atoms. The number of rotatable bonds is 18. The summed E-state index contributed by atoms with van der Waals surface area (Å²) in [6.45, 7) is 2.28. The fourth-order valence-electron chi connectivity index (χ4n) is 2.85. The van der Waals surface area contributed by atoms with Gasteiger partial charge in [0.15, 0.2) is 0 Å². The predicted octanol–water partition coefficient (Wildman–Crippen LogP) is 7.78. The molecule has 0 aromatic heterocycles. The second-order valence-corrected chi connectivity index (χ2v) is 6.93. The van der Waals surface area contributed by atoms with Gasteiger partial charge in [-0.25, -0.2) is 4.79 Å². The lowest BCUT2D eigenvalue weighted by atomic mass is 10.0. The monoisotopic (exact) mass is 360 g/mol. The van der Waals surface area contributed by atoms with Crippen LogP contribution in [0.15, 0.2) is 48.6 Å². The summed E-state index contributed by atoms with van der Waals surface area (Å²) in [6, 6.07) is 0. The first-order chi connectivity index (χ1) is 12.8. The molecule has 0 rings (SSSR count). The van der Waals surface area contributed by atoms with Gasteiger partial charge in [-0.1, -0.05) is 127 Å². The number of aliphatic carboxylic acids is 1. The third kappa shape index (κ3) is 22.4. The minimum atomic E-state index is -0.920. The maximum atomic E-state index is 10.3. The zero-order valence-electron chi connectivity index (χ0n) is 16.9. The fourth-order valence-corrected chi connectivity index (χ4v) is 2.85. The Bertz CT molecular complexity index is 416. The Labute approximate surface area is 161 Å². The molecule has 0 saturated carbocycles. The van der Waals surface area contributed by atoms with Crippen LogP contribution in [0.5, 0.6) is 0 Å². The molecule has 0 atom stereocenters. The van der Waals surface area contributed by atoms with E-state index in [-0.39, 0.29) is 0 Å². The van der Waals surface area contributed by atoms with Gasteiger partial charge in [-0.3, -0.25) is 0 Å². The van der Waals surface area contributed by atoms with Crippen LogP contribution in [-0.2, 0) is 4.79 Å². The first-order valence-electron chi connectivity index (χ1n) is 10.7. The van der Waals surface area contributed by atoms with Gasteiger partial charge in [0, 0.05) is 6.08 Å². The highest BCUT2D eigenvalue weighted by molar-refractivity contribution is 5.80. The lowest BCUT2D eigenvalue weighted by molar-refractivity contribution is -0.131. The molecular formula is C24H40O2. The smallest absolute Gasteiger partial charge is 0.328 e. The molecule has 0 heterocycles. The summed E-state index contributed by atoms with van der Waals surface area (Å²) in [5.74, 6) is -0.920. The first kappa shape index (κ1) is 24.4. The zero-order valence-corrected chi connectivity index (χ0v) is 16.9. The van der Waals surface area contributed by atoms with Crippen molar-refractivity contribution in [1.82, 2.24) is 0 Å². The predicted molar refractivity (Wildman–Crippen MR) is 115 cm³/mol. The highest BCUT2D eigenvalue weighted by Crippen LogP contribution is 2.12. The Morgan fingerprint density at radius 3 is 1.54 bits per heavy atom. The van der Waals surface area contributed by atoms with Crippen LogP contribution in [0.25, 0.3) is 0 Å². The Balaban J connectivity index is 3.27. The molecule has 0 unspecified atom stereocenters. The van der Waals surface area contributed by atoms with Gasteiger partial charge in [0.1, 0.15) is 0 Å². The summed E-state index contributed by atoms with van der Waals surface area (Å²) in [4.78, 5) is 10.3. The van der Waals surface area contributed by atoms with Crippen molar-refractivity contribution in [2.45, 2.75) is 96.8 Å². The van der Waals surface area contributed by atoms with Crippen molar-refractivity contribution in [3.63, 3.8) is 0 Å². The molecule has 0 fully saturated rings. The molecule has 2 heteroatoms. The van der Waals surface area contributed by atoms with E-state index in [0.29, 0.717) is 0 Å². The molecule has 148 valence electrons. The Hall–Kier alpha value is -1.57. The van der Waals surface area contributed by atoms with Crippen LogP contribution in [-0.4, -0.2) is 11.1 Å². The first-order valence-corrected chi connectivity index (χ1v) is 10.7. The summed E-state index contributed by atoms with van der Waals surface area (Å²) in [5, 5.41) is 8.42.